The lowest BCUT2D eigenvalue weighted by molar-refractivity contribution is -0.385. The Labute approximate surface area is 110 Å². The minimum Gasteiger partial charge on any atom is -0.308 e. The molecule has 19 heavy (non-hydrogen) atoms. The molecule has 0 atom stereocenters. The van der Waals surface area contributed by atoms with Crippen LogP contribution in [0.2, 0.25) is 0 Å². The zero-order valence-corrected chi connectivity index (χ0v) is 10.3. The summed E-state index contributed by atoms with van der Waals surface area (Å²) in [7, 11) is 0. The number of nitrogens with zero attached hydrogens (tertiary/aromatic N) is 3. The highest BCUT2D eigenvalue weighted by Crippen LogP contribution is 2.17. The van der Waals surface area contributed by atoms with Gasteiger partial charge in [0.1, 0.15) is 0 Å². The van der Waals surface area contributed by atoms with Crippen molar-refractivity contribution < 1.29 is 4.92 Å². The van der Waals surface area contributed by atoms with Crippen LogP contribution in [0.25, 0.3) is 6.20 Å². The van der Waals surface area contributed by atoms with Crippen molar-refractivity contribution in [3.8, 4) is 0 Å². The highest BCUT2D eigenvalue weighted by atomic mass is 16.6. The van der Waals surface area contributed by atoms with E-state index in [2.05, 4.69) is 17.0 Å². The molecule has 1 heterocycles. The Morgan fingerprint density at radius 3 is 2.89 bits per heavy atom. The van der Waals surface area contributed by atoms with Crippen LogP contribution in [0.1, 0.15) is 11.1 Å². The second-order valence-corrected chi connectivity index (χ2v) is 4.00. The number of nitro groups is 1. The molecule has 6 heteroatoms. The molecular weight excluding hydrogens is 244 g/mol. The number of aromatic nitrogens is 2. The number of benzene rings is 1. The van der Waals surface area contributed by atoms with Crippen molar-refractivity contribution in [1.82, 2.24) is 15.1 Å². The van der Waals surface area contributed by atoms with Crippen LogP contribution in [0.3, 0.4) is 0 Å². The maximum atomic E-state index is 10.9. The van der Waals surface area contributed by atoms with E-state index in [9.17, 15) is 10.1 Å². The van der Waals surface area contributed by atoms with Crippen molar-refractivity contribution in [2.75, 3.05) is 0 Å². The second kappa shape index (κ2) is 5.92. The van der Waals surface area contributed by atoms with Crippen molar-refractivity contribution in [3.63, 3.8) is 0 Å². The van der Waals surface area contributed by atoms with E-state index in [0.717, 1.165) is 5.56 Å². The van der Waals surface area contributed by atoms with E-state index in [4.69, 9.17) is 0 Å². The van der Waals surface area contributed by atoms with Gasteiger partial charge in [0.25, 0.3) is 5.69 Å². The van der Waals surface area contributed by atoms with Crippen LogP contribution in [0.4, 0.5) is 5.69 Å². The average Bonchev–Trinajstić information content (AvgIpc) is 2.87. The highest BCUT2D eigenvalue weighted by molar-refractivity contribution is 5.39. The molecule has 98 valence electrons. The molecule has 0 aliphatic rings. The molecule has 0 spiro atoms. The van der Waals surface area contributed by atoms with Gasteiger partial charge in [-0.25, -0.2) is 4.68 Å². The summed E-state index contributed by atoms with van der Waals surface area (Å²) < 4.78 is 1.61. The lowest BCUT2D eigenvalue weighted by atomic mass is 10.2. The molecule has 1 aromatic heterocycles. The summed E-state index contributed by atoms with van der Waals surface area (Å²) in [6, 6.07) is 6.71. The molecule has 0 saturated carbocycles. The van der Waals surface area contributed by atoms with Crippen LogP contribution in [0.15, 0.2) is 43.2 Å². The first kappa shape index (κ1) is 13.0. The molecule has 0 bridgehead atoms. The van der Waals surface area contributed by atoms with Crippen molar-refractivity contribution in [3.05, 3.63) is 64.5 Å². The normalized spacial score (nSPS) is 10.3. The minimum absolute atomic E-state index is 0.136. The molecule has 0 aliphatic carbocycles. The quantitative estimate of drug-likeness (QED) is 0.636. The lowest BCUT2D eigenvalue weighted by Crippen LogP contribution is -2.13. The second-order valence-electron chi connectivity index (χ2n) is 4.00. The van der Waals surface area contributed by atoms with Gasteiger partial charge in [-0.2, -0.15) is 5.10 Å². The van der Waals surface area contributed by atoms with Gasteiger partial charge < -0.3 is 5.32 Å². The van der Waals surface area contributed by atoms with Gasteiger partial charge >= 0.3 is 0 Å². The molecule has 6 nitrogen and oxygen atoms in total. The van der Waals surface area contributed by atoms with E-state index >= 15 is 0 Å². The van der Waals surface area contributed by atoms with Crippen LogP contribution in [-0.2, 0) is 13.1 Å². The van der Waals surface area contributed by atoms with Crippen molar-refractivity contribution in [1.29, 1.82) is 0 Å². The van der Waals surface area contributed by atoms with Gasteiger partial charge in [-0.15, -0.1) is 0 Å². The highest BCUT2D eigenvalue weighted by Gasteiger charge is 2.11. The van der Waals surface area contributed by atoms with E-state index in [1.165, 1.54) is 6.07 Å². The zero-order chi connectivity index (χ0) is 13.7. The summed E-state index contributed by atoms with van der Waals surface area (Å²) >= 11 is 0. The van der Waals surface area contributed by atoms with E-state index in [1.54, 1.807) is 35.3 Å². The van der Waals surface area contributed by atoms with Gasteiger partial charge in [0.05, 0.1) is 11.1 Å². The predicted octanol–water partition coefficient (Wildman–Crippen LogP) is 2.18. The predicted molar refractivity (Wildman–Crippen MR) is 72.3 cm³/mol. The third-order valence-corrected chi connectivity index (χ3v) is 2.67. The first-order valence-corrected chi connectivity index (χ1v) is 5.79. The minimum atomic E-state index is -0.368. The largest absolute Gasteiger partial charge is 0.308 e. The van der Waals surface area contributed by atoms with Crippen LogP contribution in [-0.4, -0.2) is 14.7 Å². The molecule has 2 aromatic rings. The molecule has 0 unspecified atom stereocenters. The van der Waals surface area contributed by atoms with E-state index in [-0.39, 0.29) is 10.6 Å². The van der Waals surface area contributed by atoms with E-state index < -0.39 is 0 Å². The number of rotatable bonds is 6. The molecule has 0 fully saturated rings. The standard InChI is InChI=1S/C13H14N4O2/c1-2-16-10-11(8-15-16)7-14-9-12-5-3-4-6-13(12)17(18)19/h2-6,8,10,14H,1,7,9H2. The molecule has 1 aromatic carbocycles. The first-order valence-electron chi connectivity index (χ1n) is 5.79. The summed E-state index contributed by atoms with van der Waals surface area (Å²) in [4.78, 5) is 10.5. The van der Waals surface area contributed by atoms with Crippen molar-refractivity contribution >= 4 is 11.9 Å². The fourth-order valence-corrected chi connectivity index (χ4v) is 1.75. The maximum absolute atomic E-state index is 10.9. The van der Waals surface area contributed by atoms with Crippen LogP contribution in [0, 0.1) is 10.1 Å². The van der Waals surface area contributed by atoms with Crippen molar-refractivity contribution in [2.24, 2.45) is 0 Å². The Bertz CT molecular complexity index is 592. The third-order valence-electron chi connectivity index (χ3n) is 2.67. The summed E-state index contributed by atoms with van der Waals surface area (Å²) in [6.07, 6.45) is 5.18. The van der Waals surface area contributed by atoms with Gasteiger partial charge in [0.2, 0.25) is 0 Å². The zero-order valence-electron chi connectivity index (χ0n) is 10.3. The van der Waals surface area contributed by atoms with Crippen LogP contribution >= 0.6 is 0 Å². The Morgan fingerprint density at radius 1 is 1.42 bits per heavy atom. The van der Waals surface area contributed by atoms with Gasteiger partial charge in [0.15, 0.2) is 0 Å². The number of para-hydroxylation sites is 1. The Morgan fingerprint density at radius 2 is 2.21 bits per heavy atom. The third kappa shape index (κ3) is 3.26. The van der Waals surface area contributed by atoms with Gasteiger partial charge in [-0.3, -0.25) is 10.1 Å². The Kier molecular flexibility index (Phi) is 4.04. The van der Waals surface area contributed by atoms with Gasteiger partial charge in [0, 0.05) is 42.7 Å². The SMILES string of the molecule is C=Cn1cc(CNCc2ccccc2[N+](=O)[O-])cn1. The first-order chi connectivity index (χ1) is 9.20. The monoisotopic (exact) mass is 258 g/mol. The topological polar surface area (TPSA) is 73.0 Å². The van der Waals surface area contributed by atoms with E-state index in [1.807, 2.05) is 6.20 Å². The number of nitro benzene ring substituents is 1. The molecule has 0 amide bonds. The fraction of sp³-hybridized carbons (Fsp3) is 0.154. The average molecular weight is 258 g/mol. The summed E-state index contributed by atoms with van der Waals surface area (Å²) in [6.45, 7) is 4.65. The molecule has 2 rings (SSSR count). The van der Waals surface area contributed by atoms with Crippen LogP contribution < -0.4 is 5.32 Å². The molecule has 1 N–H and O–H groups in total. The Balaban J connectivity index is 1.95. The molecule has 0 radical (unpaired) electrons. The summed E-state index contributed by atoms with van der Waals surface area (Å²) in [5.41, 5.74) is 1.80. The van der Waals surface area contributed by atoms with E-state index in [0.29, 0.717) is 18.7 Å². The molecule has 0 saturated heterocycles. The number of hydrogen-bond acceptors (Lipinski definition) is 4. The molecular formula is C13H14N4O2. The number of nitrogens with one attached hydrogen (secondary N) is 1. The molecule has 0 aliphatic heterocycles. The Hall–Kier alpha value is -2.47. The van der Waals surface area contributed by atoms with Crippen LogP contribution in [0.5, 0.6) is 0 Å². The van der Waals surface area contributed by atoms with Gasteiger partial charge in [-0.05, 0) is 0 Å². The summed E-state index contributed by atoms with van der Waals surface area (Å²) in [5.74, 6) is 0. The smallest absolute Gasteiger partial charge is 0.273 e. The fourth-order valence-electron chi connectivity index (χ4n) is 1.75. The van der Waals surface area contributed by atoms with Crippen molar-refractivity contribution in [2.45, 2.75) is 13.1 Å². The lowest BCUT2D eigenvalue weighted by Gasteiger charge is -2.04. The van der Waals surface area contributed by atoms with Gasteiger partial charge in [-0.1, -0.05) is 24.8 Å². The number of hydrogen-bond donors (Lipinski definition) is 1. The summed E-state index contributed by atoms with van der Waals surface area (Å²) in [5, 5.41) is 18.1. The maximum Gasteiger partial charge on any atom is 0.273 e.